The van der Waals surface area contributed by atoms with E-state index in [2.05, 4.69) is 15.6 Å². The van der Waals surface area contributed by atoms with E-state index in [1.807, 2.05) is 6.92 Å². The van der Waals surface area contributed by atoms with Crippen LogP contribution in [0.4, 0.5) is 5.69 Å². The molecule has 1 aromatic heterocycles. The second-order valence-electron chi connectivity index (χ2n) is 5.48. The van der Waals surface area contributed by atoms with Crippen LogP contribution in [0, 0.1) is 5.41 Å². The van der Waals surface area contributed by atoms with E-state index < -0.39 is 5.97 Å². The molecule has 0 saturated carbocycles. The van der Waals surface area contributed by atoms with Crippen molar-refractivity contribution >= 4 is 17.6 Å². The zero-order valence-electron chi connectivity index (χ0n) is 12.2. The first kappa shape index (κ1) is 15.4. The molecule has 0 aliphatic carbocycles. The van der Waals surface area contributed by atoms with Crippen LogP contribution in [-0.4, -0.2) is 35.1 Å². The van der Waals surface area contributed by atoms with E-state index in [4.69, 9.17) is 5.11 Å². The lowest BCUT2D eigenvalue weighted by atomic mass is 9.77. The number of amides is 1. The summed E-state index contributed by atoms with van der Waals surface area (Å²) in [7, 11) is 0. The fraction of sp³-hybridized carbons (Fsp3) is 0.533. The molecule has 0 bridgehead atoms. The zero-order valence-corrected chi connectivity index (χ0v) is 12.2. The number of hydrogen-bond acceptors (Lipinski definition) is 4. The average molecular weight is 291 g/mol. The Balaban J connectivity index is 2.03. The van der Waals surface area contributed by atoms with Gasteiger partial charge in [-0.2, -0.15) is 0 Å². The van der Waals surface area contributed by atoms with Crippen molar-refractivity contribution < 1.29 is 14.7 Å². The van der Waals surface area contributed by atoms with Crippen LogP contribution in [0.2, 0.25) is 0 Å². The SMILES string of the molecule is CCC1(C(=O)Nc2ccc(CC(=O)O)nc2)CCCNC1. The van der Waals surface area contributed by atoms with E-state index in [-0.39, 0.29) is 17.7 Å². The highest BCUT2D eigenvalue weighted by atomic mass is 16.4. The lowest BCUT2D eigenvalue weighted by molar-refractivity contribution is -0.136. The molecule has 0 aromatic carbocycles. The summed E-state index contributed by atoms with van der Waals surface area (Å²) in [5, 5.41) is 14.9. The highest BCUT2D eigenvalue weighted by molar-refractivity contribution is 5.95. The van der Waals surface area contributed by atoms with Gasteiger partial charge in [0.05, 0.1) is 29.4 Å². The molecule has 0 spiro atoms. The highest BCUT2D eigenvalue weighted by Crippen LogP contribution is 2.31. The number of carbonyl (C=O) groups excluding carboxylic acids is 1. The molecule has 2 heterocycles. The van der Waals surface area contributed by atoms with Crippen molar-refractivity contribution in [3.05, 3.63) is 24.0 Å². The molecular formula is C15H21N3O3. The number of nitrogens with zero attached hydrogens (tertiary/aromatic N) is 1. The van der Waals surface area contributed by atoms with Crippen molar-refractivity contribution in [3.8, 4) is 0 Å². The number of carboxylic acid groups (broad SMARTS) is 1. The first-order valence-corrected chi connectivity index (χ1v) is 7.25. The number of aromatic nitrogens is 1. The molecule has 6 heteroatoms. The maximum absolute atomic E-state index is 12.5. The van der Waals surface area contributed by atoms with Crippen molar-refractivity contribution in [2.75, 3.05) is 18.4 Å². The van der Waals surface area contributed by atoms with Gasteiger partial charge in [0.15, 0.2) is 0 Å². The Hall–Kier alpha value is -1.95. The van der Waals surface area contributed by atoms with Gasteiger partial charge in [-0.1, -0.05) is 6.92 Å². The Morgan fingerprint density at radius 2 is 2.29 bits per heavy atom. The third-order valence-corrected chi connectivity index (χ3v) is 4.05. The van der Waals surface area contributed by atoms with Gasteiger partial charge in [-0.25, -0.2) is 0 Å². The maximum Gasteiger partial charge on any atom is 0.309 e. The predicted molar refractivity (Wildman–Crippen MR) is 79.0 cm³/mol. The molecule has 3 N–H and O–H groups in total. The maximum atomic E-state index is 12.5. The largest absolute Gasteiger partial charge is 0.481 e. The number of carbonyl (C=O) groups is 2. The van der Waals surface area contributed by atoms with Crippen LogP contribution in [0.25, 0.3) is 0 Å². The first-order chi connectivity index (χ1) is 10.1. The summed E-state index contributed by atoms with van der Waals surface area (Å²) < 4.78 is 0. The van der Waals surface area contributed by atoms with Crippen molar-refractivity contribution in [2.45, 2.75) is 32.6 Å². The van der Waals surface area contributed by atoms with E-state index in [0.29, 0.717) is 17.9 Å². The summed E-state index contributed by atoms with van der Waals surface area (Å²) in [6.45, 7) is 3.68. The number of carboxylic acids is 1. The lowest BCUT2D eigenvalue weighted by Crippen LogP contribution is -2.47. The standard InChI is InChI=1S/C15H21N3O3/c1-2-15(6-3-7-16-10-15)14(21)18-12-5-4-11(17-9-12)8-13(19)20/h4-5,9,16H,2-3,6-8,10H2,1H3,(H,18,21)(H,19,20). The minimum absolute atomic E-state index is 0.00462. The summed E-state index contributed by atoms with van der Waals surface area (Å²) in [6, 6.07) is 3.32. The van der Waals surface area contributed by atoms with E-state index in [1.165, 1.54) is 6.20 Å². The molecular weight excluding hydrogens is 270 g/mol. The minimum Gasteiger partial charge on any atom is -0.481 e. The second-order valence-corrected chi connectivity index (χ2v) is 5.48. The quantitative estimate of drug-likeness (QED) is 0.763. The Labute approximate surface area is 124 Å². The van der Waals surface area contributed by atoms with Crippen LogP contribution in [0.1, 0.15) is 31.9 Å². The lowest BCUT2D eigenvalue weighted by Gasteiger charge is -2.35. The molecule has 1 amide bonds. The van der Waals surface area contributed by atoms with Crippen molar-refractivity contribution in [1.82, 2.24) is 10.3 Å². The number of hydrogen-bond donors (Lipinski definition) is 3. The van der Waals surface area contributed by atoms with Gasteiger partial charge in [0, 0.05) is 6.54 Å². The van der Waals surface area contributed by atoms with Crippen LogP contribution >= 0.6 is 0 Å². The molecule has 1 atom stereocenters. The molecule has 1 aliphatic rings. The Kier molecular flexibility index (Phi) is 4.90. The van der Waals surface area contributed by atoms with Gasteiger partial charge in [0.2, 0.25) is 5.91 Å². The zero-order chi connectivity index (χ0) is 15.3. The first-order valence-electron chi connectivity index (χ1n) is 7.25. The Bertz CT molecular complexity index is 507. The molecule has 1 unspecified atom stereocenters. The fourth-order valence-corrected chi connectivity index (χ4v) is 2.65. The average Bonchev–Trinajstić information content (AvgIpc) is 2.49. The van der Waals surface area contributed by atoms with Crippen molar-refractivity contribution in [1.29, 1.82) is 0 Å². The third kappa shape index (κ3) is 3.78. The smallest absolute Gasteiger partial charge is 0.309 e. The Morgan fingerprint density at radius 1 is 1.48 bits per heavy atom. The Morgan fingerprint density at radius 3 is 2.81 bits per heavy atom. The molecule has 1 aromatic rings. The molecule has 0 radical (unpaired) electrons. The monoisotopic (exact) mass is 291 g/mol. The number of piperidine rings is 1. The predicted octanol–water partition coefficient (Wildman–Crippen LogP) is 1.43. The van der Waals surface area contributed by atoms with Crippen LogP contribution in [0.3, 0.4) is 0 Å². The molecule has 2 rings (SSSR count). The summed E-state index contributed by atoms with van der Waals surface area (Å²) in [5.41, 5.74) is 0.718. The molecule has 1 fully saturated rings. The van der Waals surface area contributed by atoms with Gasteiger partial charge < -0.3 is 15.7 Å². The summed E-state index contributed by atoms with van der Waals surface area (Å²) in [6.07, 6.45) is 4.06. The number of aliphatic carboxylic acids is 1. The van der Waals surface area contributed by atoms with Gasteiger partial charge in [0.1, 0.15) is 0 Å². The van der Waals surface area contributed by atoms with Crippen molar-refractivity contribution in [3.63, 3.8) is 0 Å². The third-order valence-electron chi connectivity index (χ3n) is 4.05. The molecule has 21 heavy (non-hydrogen) atoms. The van der Waals surface area contributed by atoms with Crippen molar-refractivity contribution in [2.24, 2.45) is 5.41 Å². The van der Waals surface area contributed by atoms with E-state index in [9.17, 15) is 9.59 Å². The molecule has 114 valence electrons. The fourth-order valence-electron chi connectivity index (χ4n) is 2.65. The number of nitrogens with one attached hydrogen (secondary N) is 2. The highest BCUT2D eigenvalue weighted by Gasteiger charge is 2.37. The number of anilines is 1. The second kappa shape index (κ2) is 6.67. The summed E-state index contributed by atoms with van der Waals surface area (Å²) in [4.78, 5) is 27.2. The van der Waals surface area contributed by atoms with Gasteiger partial charge in [-0.05, 0) is 37.9 Å². The van der Waals surface area contributed by atoms with Crippen LogP contribution < -0.4 is 10.6 Å². The van der Waals surface area contributed by atoms with E-state index >= 15 is 0 Å². The van der Waals surface area contributed by atoms with Crippen LogP contribution in [0.15, 0.2) is 18.3 Å². The topological polar surface area (TPSA) is 91.3 Å². The van der Waals surface area contributed by atoms with Gasteiger partial charge in [0.25, 0.3) is 0 Å². The number of pyridine rings is 1. The van der Waals surface area contributed by atoms with Crippen LogP contribution in [-0.2, 0) is 16.0 Å². The van der Waals surface area contributed by atoms with Crippen LogP contribution in [0.5, 0.6) is 0 Å². The summed E-state index contributed by atoms with van der Waals surface area (Å²) in [5.74, 6) is -0.914. The summed E-state index contributed by atoms with van der Waals surface area (Å²) >= 11 is 0. The molecule has 6 nitrogen and oxygen atoms in total. The molecule has 1 saturated heterocycles. The van der Waals surface area contributed by atoms with Gasteiger partial charge in [-0.3, -0.25) is 14.6 Å². The minimum atomic E-state index is -0.919. The van der Waals surface area contributed by atoms with Gasteiger partial charge >= 0.3 is 5.97 Å². The number of rotatable bonds is 5. The normalized spacial score (nSPS) is 21.8. The molecule has 1 aliphatic heterocycles. The van der Waals surface area contributed by atoms with E-state index in [0.717, 1.165) is 25.8 Å². The van der Waals surface area contributed by atoms with E-state index in [1.54, 1.807) is 12.1 Å². The van der Waals surface area contributed by atoms with Gasteiger partial charge in [-0.15, -0.1) is 0 Å².